The molecule has 1 atom stereocenters. The van der Waals surface area contributed by atoms with Gasteiger partial charge in [0, 0.05) is 38.3 Å². The minimum absolute atomic E-state index is 0.0263. The molecule has 2 aliphatic heterocycles. The standard InChI is InChI=1S/C23H26N4O4/c1-16-23(30)27(19-4-2-3-5-20(19)31-16)12-10-21(28)25-14-17-6-8-18(9-7-17)26-13-11-24-22(29)15-26/h2-9,16H,10-15H2,1H3,(H,24,29)(H,25,28). The van der Waals surface area contributed by atoms with Crippen molar-refractivity contribution < 1.29 is 19.1 Å². The van der Waals surface area contributed by atoms with Gasteiger partial charge in [-0.2, -0.15) is 0 Å². The molecule has 31 heavy (non-hydrogen) atoms. The van der Waals surface area contributed by atoms with Crippen molar-refractivity contribution in [1.82, 2.24) is 10.6 Å². The Morgan fingerprint density at radius 2 is 1.94 bits per heavy atom. The first kappa shape index (κ1) is 20.7. The van der Waals surface area contributed by atoms with E-state index in [4.69, 9.17) is 4.74 Å². The number of ether oxygens (including phenoxy) is 1. The van der Waals surface area contributed by atoms with Gasteiger partial charge in [-0.15, -0.1) is 0 Å². The van der Waals surface area contributed by atoms with Crippen LogP contribution in [0.25, 0.3) is 0 Å². The highest BCUT2D eigenvalue weighted by molar-refractivity contribution is 6.00. The first-order valence-electron chi connectivity index (χ1n) is 10.5. The number of rotatable bonds is 6. The fourth-order valence-corrected chi connectivity index (χ4v) is 3.78. The number of fused-ring (bicyclic) bond motifs is 1. The molecule has 2 heterocycles. The first-order chi connectivity index (χ1) is 15.0. The summed E-state index contributed by atoms with van der Waals surface area (Å²) in [7, 11) is 0. The fourth-order valence-electron chi connectivity index (χ4n) is 3.78. The molecule has 1 unspecified atom stereocenters. The van der Waals surface area contributed by atoms with Crippen molar-refractivity contribution in [2.45, 2.75) is 26.0 Å². The lowest BCUT2D eigenvalue weighted by atomic mass is 10.1. The van der Waals surface area contributed by atoms with Gasteiger partial charge < -0.3 is 25.2 Å². The predicted molar refractivity (Wildman–Crippen MR) is 117 cm³/mol. The second-order valence-corrected chi connectivity index (χ2v) is 7.68. The topological polar surface area (TPSA) is 91.0 Å². The molecule has 0 spiro atoms. The summed E-state index contributed by atoms with van der Waals surface area (Å²) < 4.78 is 5.63. The minimum atomic E-state index is -0.567. The number of piperazine rings is 1. The molecule has 0 aliphatic carbocycles. The van der Waals surface area contributed by atoms with E-state index in [-0.39, 0.29) is 24.1 Å². The van der Waals surface area contributed by atoms with E-state index in [0.29, 0.717) is 37.6 Å². The molecule has 0 radical (unpaired) electrons. The monoisotopic (exact) mass is 422 g/mol. The van der Waals surface area contributed by atoms with Gasteiger partial charge in [-0.3, -0.25) is 14.4 Å². The Hall–Kier alpha value is -3.55. The highest BCUT2D eigenvalue weighted by Crippen LogP contribution is 2.33. The number of benzene rings is 2. The summed E-state index contributed by atoms with van der Waals surface area (Å²) in [6.45, 7) is 4.20. The van der Waals surface area contributed by atoms with Crippen molar-refractivity contribution in [2.75, 3.05) is 36.0 Å². The van der Waals surface area contributed by atoms with Gasteiger partial charge in [0.15, 0.2) is 6.10 Å². The Balaban J connectivity index is 1.29. The maximum absolute atomic E-state index is 12.5. The van der Waals surface area contributed by atoms with Gasteiger partial charge >= 0.3 is 0 Å². The fraction of sp³-hybridized carbons (Fsp3) is 0.348. The van der Waals surface area contributed by atoms with Gasteiger partial charge in [0.05, 0.1) is 12.2 Å². The van der Waals surface area contributed by atoms with Gasteiger partial charge in [0.1, 0.15) is 5.75 Å². The number of anilines is 2. The number of carbonyl (C=O) groups is 3. The second-order valence-electron chi connectivity index (χ2n) is 7.68. The van der Waals surface area contributed by atoms with Gasteiger partial charge in [-0.1, -0.05) is 24.3 Å². The van der Waals surface area contributed by atoms with E-state index in [1.165, 1.54) is 0 Å². The van der Waals surface area contributed by atoms with Crippen LogP contribution in [0.15, 0.2) is 48.5 Å². The van der Waals surface area contributed by atoms with Crippen LogP contribution in [-0.4, -0.2) is 50.0 Å². The van der Waals surface area contributed by atoms with Crippen LogP contribution in [0.4, 0.5) is 11.4 Å². The Kier molecular flexibility index (Phi) is 6.06. The molecule has 4 rings (SSSR count). The second kappa shape index (κ2) is 9.07. The third-order valence-corrected chi connectivity index (χ3v) is 5.47. The van der Waals surface area contributed by atoms with E-state index in [1.807, 2.05) is 53.4 Å². The lowest BCUT2D eigenvalue weighted by Crippen LogP contribution is -2.47. The molecule has 8 nitrogen and oxygen atoms in total. The molecule has 8 heteroatoms. The molecule has 3 amide bonds. The van der Waals surface area contributed by atoms with E-state index in [0.717, 1.165) is 17.8 Å². The number of para-hydroxylation sites is 2. The van der Waals surface area contributed by atoms with Crippen molar-refractivity contribution in [3.63, 3.8) is 0 Å². The normalized spacial score (nSPS) is 18.2. The molecule has 0 saturated carbocycles. The van der Waals surface area contributed by atoms with Crippen LogP contribution < -0.4 is 25.2 Å². The van der Waals surface area contributed by atoms with Crippen LogP contribution in [0.1, 0.15) is 18.9 Å². The maximum atomic E-state index is 12.5. The number of nitrogens with zero attached hydrogens (tertiary/aromatic N) is 2. The van der Waals surface area contributed by atoms with Gasteiger partial charge in [0.2, 0.25) is 11.8 Å². The Bertz CT molecular complexity index is 976. The highest BCUT2D eigenvalue weighted by atomic mass is 16.5. The van der Waals surface area contributed by atoms with E-state index in [9.17, 15) is 14.4 Å². The van der Waals surface area contributed by atoms with E-state index in [1.54, 1.807) is 11.8 Å². The van der Waals surface area contributed by atoms with Crippen LogP contribution in [-0.2, 0) is 20.9 Å². The molecule has 162 valence electrons. The quantitative estimate of drug-likeness (QED) is 0.735. The van der Waals surface area contributed by atoms with Crippen LogP contribution in [0.3, 0.4) is 0 Å². The van der Waals surface area contributed by atoms with E-state index in [2.05, 4.69) is 10.6 Å². The number of carbonyl (C=O) groups excluding carboxylic acids is 3. The summed E-state index contributed by atoms with van der Waals surface area (Å²) in [6, 6.07) is 15.2. The van der Waals surface area contributed by atoms with E-state index >= 15 is 0 Å². The lowest BCUT2D eigenvalue weighted by Gasteiger charge is -2.32. The summed E-state index contributed by atoms with van der Waals surface area (Å²) in [5, 5.41) is 5.72. The zero-order valence-electron chi connectivity index (χ0n) is 17.5. The van der Waals surface area contributed by atoms with Crippen LogP contribution in [0, 0.1) is 0 Å². The molecule has 2 N–H and O–H groups in total. The first-order valence-corrected chi connectivity index (χ1v) is 10.5. The number of hydrogen-bond acceptors (Lipinski definition) is 5. The summed E-state index contributed by atoms with van der Waals surface area (Å²) >= 11 is 0. The Morgan fingerprint density at radius 3 is 2.71 bits per heavy atom. The van der Waals surface area contributed by atoms with Crippen LogP contribution >= 0.6 is 0 Å². The van der Waals surface area contributed by atoms with Gasteiger partial charge in [-0.25, -0.2) is 0 Å². The van der Waals surface area contributed by atoms with Crippen molar-refractivity contribution in [3.8, 4) is 5.75 Å². The summed E-state index contributed by atoms with van der Waals surface area (Å²) in [6.07, 6.45) is -0.365. The number of amides is 3. The molecule has 2 aromatic carbocycles. The zero-order chi connectivity index (χ0) is 21.8. The molecular weight excluding hydrogens is 396 g/mol. The third-order valence-electron chi connectivity index (χ3n) is 5.47. The smallest absolute Gasteiger partial charge is 0.267 e. The summed E-state index contributed by atoms with van der Waals surface area (Å²) in [5.41, 5.74) is 2.66. The average molecular weight is 422 g/mol. The van der Waals surface area contributed by atoms with Gasteiger partial charge in [-0.05, 0) is 36.8 Å². The van der Waals surface area contributed by atoms with E-state index < -0.39 is 6.10 Å². The maximum Gasteiger partial charge on any atom is 0.267 e. The summed E-state index contributed by atoms with van der Waals surface area (Å²) in [5.74, 6) is 0.411. The number of nitrogens with one attached hydrogen (secondary N) is 2. The molecule has 1 fully saturated rings. The third kappa shape index (κ3) is 4.79. The zero-order valence-corrected chi connectivity index (χ0v) is 17.5. The van der Waals surface area contributed by atoms with Crippen molar-refractivity contribution in [1.29, 1.82) is 0 Å². The molecular formula is C23H26N4O4. The SMILES string of the molecule is CC1Oc2ccccc2N(CCC(=O)NCc2ccc(N3CCNC(=O)C3)cc2)C1=O. The molecule has 0 aromatic heterocycles. The average Bonchev–Trinajstić information content (AvgIpc) is 2.78. The van der Waals surface area contributed by atoms with Crippen molar-refractivity contribution >= 4 is 29.1 Å². The lowest BCUT2D eigenvalue weighted by molar-refractivity contribution is -0.126. The molecule has 1 saturated heterocycles. The molecule has 2 aromatic rings. The van der Waals surface area contributed by atoms with Crippen molar-refractivity contribution in [2.24, 2.45) is 0 Å². The van der Waals surface area contributed by atoms with Crippen molar-refractivity contribution in [3.05, 3.63) is 54.1 Å². The van der Waals surface area contributed by atoms with Gasteiger partial charge in [0.25, 0.3) is 5.91 Å². The molecule has 0 bridgehead atoms. The Morgan fingerprint density at radius 1 is 1.16 bits per heavy atom. The molecule has 2 aliphatic rings. The Labute approximate surface area is 181 Å². The van der Waals surface area contributed by atoms with Crippen LogP contribution in [0.5, 0.6) is 5.75 Å². The largest absolute Gasteiger partial charge is 0.479 e. The summed E-state index contributed by atoms with van der Waals surface area (Å²) in [4.78, 5) is 40.1. The minimum Gasteiger partial charge on any atom is -0.479 e. The predicted octanol–water partition coefficient (Wildman–Crippen LogP) is 1.44. The number of hydrogen-bond donors (Lipinski definition) is 2. The highest BCUT2D eigenvalue weighted by Gasteiger charge is 2.31. The van der Waals surface area contributed by atoms with Crippen LogP contribution in [0.2, 0.25) is 0 Å².